The first-order chi connectivity index (χ1) is 16.6. The number of pyridine rings is 1. The zero-order chi connectivity index (χ0) is 23.5. The van der Waals surface area contributed by atoms with Crippen molar-refractivity contribution in [3.63, 3.8) is 0 Å². The van der Waals surface area contributed by atoms with Crippen molar-refractivity contribution in [3.8, 4) is 22.6 Å². The van der Waals surface area contributed by atoms with Crippen LogP contribution in [-0.4, -0.2) is 57.3 Å². The predicted molar refractivity (Wildman–Crippen MR) is 140 cm³/mol. The van der Waals surface area contributed by atoms with E-state index in [1.54, 1.807) is 14.2 Å². The van der Waals surface area contributed by atoms with E-state index in [1.165, 1.54) is 16.8 Å². The Bertz CT molecular complexity index is 1280. The average molecular weight is 455 g/mol. The Morgan fingerprint density at radius 3 is 2.24 bits per heavy atom. The Morgan fingerprint density at radius 2 is 1.50 bits per heavy atom. The van der Waals surface area contributed by atoms with Crippen molar-refractivity contribution in [1.29, 1.82) is 0 Å². The van der Waals surface area contributed by atoms with Crippen molar-refractivity contribution in [2.45, 2.75) is 0 Å². The number of hydrogen-bond donors (Lipinski definition) is 1. The van der Waals surface area contributed by atoms with Crippen LogP contribution in [0, 0.1) is 0 Å². The molecule has 1 fully saturated rings. The number of likely N-dealkylation sites (N-methyl/N-ethyl adjacent to an activating group) is 1. The molecule has 1 saturated heterocycles. The minimum absolute atomic E-state index is 0.687. The lowest BCUT2D eigenvalue weighted by Gasteiger charge is -2.34. The SMILES string of the molecule is COc1ccc(Nc2ccnc3ccc(-c4ccc(N5CCN(C)CC5)cc4)cc23)cc1OC. The Kier molecular flexibility index (Phi) is 6.23. The van der Waals surface area contributed by atoms with Gasteiger partial charge in [0.05, 0.1) is 19.7 Å². The average Bonchev–Trinajstić information content (AvgIpc) is 2.89. The van der Waals surface area contributed by atoms with E-state index >= 15 is 0 Å². The molecule has 0 atom stereocenters. The van der Waals surface area contributed by atoms with Crippen molar-refractivity contribution < 1.29 is 9.47 Å². The van der Waals surface area contributed by atoms with Gasteiger partial charge >= 0.3 is 0 Å². The van der Waals surface area contributed by atoms with Crippen LogP contribution in [0.2, 0.25) is 0 Å². The van der Waals surface area contributed by atoms with Crippen LogP contribution in [-0.2, 0) is 0 Å². The summed E-state index contributed by atoms with van der Waals surface area (Å²) in [6.07, 6.45) is 1.83. The molecule has 3 aromatic carbocycles. The van der Waals surface area contributed by atoms with E-state index < -0.39 is 0 Å². The van der Waals surface area contributed by atoms with Crippen molar-refractivity contribution >= 4 is 28.0 Å². The fourth-order valence-electron chi connectivity index (χ4n) is 4.43. The van der Waals surface area contributed by atoms with Gasteiger partial charge < -0.3 is 24.6 Å². The van der Waals surface area contributed by atoms with E-state index in [0.29, 0.717) is 11.5 Å². The van der Waals surface area contributed by atoms with Gasteiger partial charge in [-0.05, 0) is 60.6 Å². The van der Waals surface area contributed by atoms with Crippen LogP contribution in [0.25, 0.3) is 22.0 Å². The summed E-state index contributed by atoms with van der Waals surface area (Å²) in [7, 11) is 5.47. The van der Waals surface area contributed by atoms with E-state index in [4.69, 9.17) is 9.47 Å². The lowest BCUT2D eigenvalue weighted by molar-refractivity contribution is 0.313. The predicted octanol–water partition coefficient (Wildman–Crippen LogP) is 5.41. The van der Waals surface area contributed by atoms with Gasteiger partial charge in [0.25, 0.3) is 0 Å². The molecule has 0 radical (unpaired) electrons. The van der Waals surface area contributed by atoms with Gasteiger partial charge in [-0.2, -0.15) is 0 Å². The summed E-state index contributed by atoms with van der Waals surface area (Å²) in [5, 5.41) is 4.59. The second kappa shape index (κ2) is 9.61. The third-order valence-electron chi connectivity index (χ3n) is 6.47. The molecule has 0 spiro atoms. The summed E-state index contributed by atoms with van der Waals surface area (Å²) in [6, 6.07) is 23.1. The molecule has 1 N–H and O–H groups in total. The summed E-state index contributed by atoms with van der Waals surface area (Å²) in [4.78, 5) is 9.40. The Morgan fingerprint density at radius 1 is 0.765 bits per heavy atom. The monoisotopic (exact) mass is 454 g/mol. The highest BCUT2D eigenvalue weighted by Gasteiger charge is 2.14. The van der Waals surface area contributed by atoms with Crippen LogP contribution >= 0.6 is 0 Å². The Balaban J connectivity index is 1.43. The number of rotatable bonds is 6. The molecular weight excluding hydrogens is 424 g/mol. The highest BCUT2D eigenvalue weighted by atomic mass is 16.5. The number of nitrogens with one attached hydrogen (secondary N) is 1. The first kappa shape index (κ1) is 22.0. The molecule has 174 valence electrons. The molecule has 4 aromatic rings. The molecule has 6 nitrogen and oxygen atoms in total. The van der Waals surface area contributed by atoms with Crippen LogP contribution in [0.3, 0.4) is 0 Å². The highest BCUT2D eigenvalue weighted by Crippen LogP contribution is 2.34. The molecule has 0 amide bonds. The number of ether oxygens (including phenoxy) is 2. The quantitative estimate of drug-likeness (QED) is 0.420. The molecule has 0 bridgehead atoms. The second-order valence-corrected chi connectivity index (χ2v) is 8.62. The molecule has 34 heavy (non-hydrogen) atoms. The number of benzene rings is 3. The molecule has 0 aliphatic carbocycles. The molecule has 5 rings (SSSR count). The second-order valence-electron chi connectivity index (χ2n) is 8.62. The standard InChI is InChI=1S/C28H30N4O2/c1-31-14-16-32(17-15-31)23-8-4-20(5-9-23)21-6-10-25-24(18-21)26(12-13-29-25)30-22-7-11-27(33-2)28(19-22)34-3/h4-13,18-19H,14-17H2,1-3H3,(H,29,30). The number of hydrogen-bond acceptors (Lipinski definition) is 6. The Labute approximate surface area is 200 Å². The lowest BCUT2D eigenvalue weighted by atomic mass is 10.0. The Hall–Kier alpha value is -3.77. The van der Waals surface area contributed by atoms with Gasteiger partial charge in [0.15, 0.2) is 11.5 Å². The summed E-state index contributed by atoms with van der Waals surface area (Å²) < 4.78 is 10.8. The van der Waals surface area contributed by atoms with E-state index in [2.05, 4.69) is 69.6 Å². The third-order valence-corrected chi connectivity index (χ3v) is 6.47. The third kappa shape index (κ3) is 4.50. The molecule has 6 heteroatoms. The summed E-state index contributed by atoms with van der Waals surface area (Å²) in [5.74, 6) is 1.39. The van der Waals surface area contributed by atoms with E-state index in [-0.39, 0.29) is 0 Å². The van der Waals surface area contributed by atoms with Crippen molar-refractivity contribution in [2.24, 2.45) is 0 Å². The summed E-state index contributed by atoms with van der Waals surface area (Å²) >= 11 is 0. The maximum Gasteiger partial charge on any atom is 0.162 e. The normalized spacial score (nSPS) is 14.3. The molecular formula is C28H30N4O2. The molecule has 0 unspecified atom stereocenters. The van der Waals surface area contributed by atoms with Crippen molar-refractivity contribution in [1.82, 2.24) is 9.88 Å². The first-order valence-electron chi connectivity index (χ1n) is 11.6. The zero-order valence-electron chi connectivity index (χ0n) is 19.9. The van der Waals surface area contributed by atoms with Crippen LogP contribution in [0.4, 0.5) is 17.1 Å². The minimum Gasteiger partial charge on any atom is -0.493 e. The number of anilines is 3. The van der Waals surface area contributed by atoms with E-state index in [9.17, 15) is 0 Å². The van der Waals surface area contributed by atoms with Crippen LogP contribution in [0.15, 0.2) is 72.9 Å². The van der Waals surface area contributed by atoms with Gasteiger partial charge in [-0.3, -0.25) is 4.98 Å². The van der Waals surface area contributed by atoms with Crippen LogP contribution in [0.1, 0.15) is 0 Å². The van der Waals surface area contributed by atoms with E-state index in [1.807, 2.05) is 30.5 Å². The van der Waals surface area contributed by atoms with Gasteiger partial charge in [0.2, 0.25) is 0 Å². The van der Waals surface area contributed by atoms with Gasteiger partial charge in [0.1, 0.15) is 0 Å². The summed E-state index contributed by atoms with van der Waals surface area (Å²) in [5.41, 5.74) is 6.51. The number of methoxy groups -OCH3 is 2. The van der Waals surface area contributed by atoms with Gasteiger partial charge in [0, 0.05) is 60.9 Å². The smallest absolute Gasteiger partial charge is 0.162 e. The number of nitrogens with zero attached hydrogens (tertiary/aromatic N) is 3. The molecule has 1 aliphatic rings. The molecule has 1 aromatic heterocycles. The van der Waals surface area contributed by atoms with Gasteiger partial charge in [-0.15, -0.1) is 0 Å². The topological polar surface area (TPSA) is 49.9 Å². The largest absolute Gasteiger partial charge is 0.493 e. The van der Waals surface area contributed by atoms with Crippen LogP contribution in [0.5, 0.6) is 11.5 Å². The first-order valence-corrected chi connectivity index (χ1v) is 11.6. The lowest BCUT2D eigenvalue weighted by Crippen LogP contribution is -2.44. The number of aromatic nitrogens is 1. The fraction of sp³-hybridized carbons (Fsp3) is 0.250. The van der Waals surface area contributed by atoms with Crippen LogP contribution < -0.4 is 19.7 Å². The highest BCUT2D eigenvalue weighted by molar-refractivity contribution is 5.95. The minimum atomic E-state index is 0.687. The fourth-order valence-corrected chi connectivity index (χ4v) is 4.43. The number of fused-ring (bicyclic) bond motifs is 1. The van der Waals surface area contributed by atoms with Gasteiger partial charge in [-0.25, -0.2) is 0 Å². The molecule has 0 saturated carbocycles. The van der Waals surface area contributed by atoms with Gasteiger partial charge in [-0.1, -0.05) is 18.2 Å². The number of piperazine rings is 1. The molecule has 2 heterocycles. The molecule has 1 aliphatic heterocycles. The van der Waals surface area contributed by atoms with Crippen molar-refractivity contribution in [3.05, 3.63) is 72.9 Å². The maximum absolute atomic E-state index is 5.45. The summed E-state index contributed by atoms with van der Waals surface area (Å²) in [6.45, 7) is 4.36. The zero-order valence-corrected chi connectivity index (χ0v) is 19.9. The van der Waals surface area contributed by atoms with E-state index in [0.717, 1.165) is 48.5 Å². The maximum atomic E-state index is 5.45. The van der Waals surface area contributed by atoms with Crippen molar-refractivity contribution in [2.75, 3.05) is 57.7 Å².